The van der Waals surface area contributed by atoms with E-state index in [1.54, 1.807) is 0 Å². The minimum absolute atomic E-state index is 0.424. The lowest BCUT2D eigenvalue weighted by Gasteiger charge is -2.30. The number of hydrogen-bond donors (Lipinski definition) is 0. The van der Waals surface area contributed by atoms with Crippen LogP contribution in [0.3, 0.4) is 0 Å². The van der Waals surface area contributed by atoms with Crippen LogP contribution in [0.25, 0.3) is 88.7 Å². The summed E-state index contributed by atoms with van der Waals surface area (Å²) in [7, 11) is 0. The second kappa shape index (κ2) is 15.6. The van der Waals surface area contributed by atoms with Gasteiger partial charge in [-0.25, -0.2) is 0 Å². The van der Waals surface area contributed by atoms with E-state index in [0.717, 1.165) is 61.3 Å². The van der Waals surface area contributed by atoms with Crippen molar-refractivity contribution in [3.8, 4) is 66.8 Å². The monoisotopic (exact) mass is 877 g/mol. The standard InChI is InChI=1S/C67H43NO/c1-3-17-44(18-4-1)45-31-36-50(37-32-45)68(64-29-15-10-21-52(64)46-19-5-2-6-20-46)51-38-33-47(34-39-51)58-41-49(42-59-57-25-11-16-30-65(57)69-66(58)59)48-35-40-56-55-24-9-14-28-62(55)67(63(56)43-48)60-26-12-7-22-53(60)54-23-8-13-27-61(54)67/h1-43H. The summed E-state index contributed by atoms with van der Waals surface area (Å²) >= 11 is 0. The van der Waals surface area contributed by atoms with E-state index in [2.05, 4.69) is 266 Å². The third kappa shape index (κ3) is 5.99. The maximum absolute atomic E-state index is 6.82. The van der Waals surface area contributed by atoms with E-state index in [1.165, 1.54) is 66.8 Å². The highest BCUT2D eigenvalue weighted by atomic mass is 16.3. The minimum Gasteiger partial charge on any atom is -0.455 e. The van der Waals surface area contributed by atoms with Gasteiger partial charge in [0.05, 0.1) is 11.1 Å². The number of nitrogens with zero attached hydrogens (tertiary/aromatic N) is 1. The summed E-state index contributed by atoms with van der Waals surface area (Å²) in [5.74, 6) is 0. The molecule has 0 unspecified atom stereocenters. The predicted molar refractivity (Wildman–Crippen MR) is 286 cm³/mol. The predicted octanol–water partition coefficient (Wildman–Crippen LogP) is 18.1. The summed E-state index contributed by atoms with van der Waals surface area (Å²) in [6, 6.07) is 95.3. The molecular weight excluding hydrogens is 835 g/mol. The summed E-state index contributed by atoms with van der Waals surface area (Å²) in [5.41, 5.74) is 24.4. The SMILES string of the molecule is c1ccc(-c2ccc(N(c3ccc(-c4cc(-c5ccc6c(c5)C5(c7ccccc7-c7ccccc75)c5ccccc5-6)cc5c4oc4ccccc45)cc3)c3ccccc3-c3ccccc3)cc2)cc1. The fourth-order valence-electron chi connectivity index (χ4n) is 11.7. The third-order valence-corrected chi connectivity index (χ3v) is 14.7. The van der Waals surface area contributed by atoms with Crippen molar-refractivity contribution in [3.05, 3.63) is 283 Å². The molecule has 0 atom stereocenters. The molecular formula is C67H43NO. The van der Waals surface area contributed by atoms with Crippen molar-refractivity contribution in [2.75, 3.05) is 4.90 Å². The highest BCUT2D eigenvalue weighted by Crippen LogP contribution is 2.63. The van der Waals surface area contributed by atoms with Crippen LogP contribution in [0.15, 0.2) is 265 Å². The van der Waals surface area contributed by atoms with Crippen LogP contribution in [-0.4, -0.2) is 0 Å². The number of hydrogen-bond acceptors (Lipinski definition) is 2. The van der Waals surface area contributed by atoms with Gasteiger partial charge in [-0.3, -0.25) is 0 Å². The molecule has 2 heteroatoms. The van der Waals surface area contributed by atoms with E-state index >= 15 is 0 Å². The molecule has 69 heavy (non-hydrogen) atoms. The first-order chi connectivity index (χ1) is 34.2. The zero-order chi connectivity index (χ0) is 45.5. The van der Waals surface area contributed by atoms with Gasteiger partial charge in [0.2, 0.25) is 0 Å². The van der Waals surface area contributed by atoms with Gasteiger partial charge < -0.3 is 9.32 Å². The molecule has 0 amide bonds. The average molecular weight is 878 g/mol. The lowest BCUT2D eigenvalue weighted by atomic mass is 9.70. The van der Waals surface area contributed by atoms with Crippen molar-refractivity contribution in [1.29, 1.82) is 0 Å². The Morgan fingerprint density at radius 2 is 0.739 bits per heavy atom. The fraction of sp³-hybridized carbons (Fsp3) is 0.0149. The molecule has 0 aliphatic heterocycles. The van der Waals surface area contributed by atoms with Crippen LogP contribution in [-0.2, 0) is 5.41 Å². The Balaban J connectivity index is 0.933. The Labute approximate surface area is 401 Å². The lowest BCUT2D eigenvalue weighted by Crippen LogP contribution is -2.25. The molecule has 1 heterocycles. The Hall–Kier alpha value is -8.98. The van der Waals surface area contributed by atoms with E-state index in [1.807, 2.05) is 0 Å². The molecule has 2 aliphatic rings. The van der Waals surface area contributed by atoms with Crippen molar-refractivity contribution in [2.24, 2.45) is 0 Å². The first kappa shape index (κ1) is 39.2. The molecule has 0 N–H and O–H groups in total. The van der Waals surface area contributed by atoms with Gasteiger partial charge in [-0.1, -0.05) is 206 Å². The molecule has 14 rings (SSSR count). The van der Waals surface area contributed by atoms with Gasteiger partial charge >= 0.3 is 0 Å². The quantitative estimate of drug-likeness (QED) is 0.159. The molecule has 0 fully saturated rings. The maximum atomic E-state index is 6.82. The van der Waals surface area contributed by atoms with Crippen LogP contribution in [0.1, 0.15) is 22.3 Å². The van der Waals surface area contributed by atoms with Crippen LogP contribution in [0, 0.1) is 0 Å². The molecule has 322 valence electrons. The van der Waals surface area contributed by atoms with Gasteiger partial charge in [-0.15, -0.1) is 0 Å². The summed E-state index contributed by atoms with van der Waals surface area (Å²) < 4.78 is 6.82. The van der Waals surface area contributed by atoms with Crippen molar-refractivity contribution in [3.63, 3.8) is 0 Å². The normalized spacial score (nSPS) is 12.8. The maximum Gasteiger partial charge on any atom is 0.143 e. The van der Waals surface area contributed by atoms with E-state index in [9.17, 15) is 0 Å². The van der Waals surface area contributed by atoms with Gasteiger partial charge in [-0.05, 0) is 132 Å². The molecule has 2 aliphatic carbocycles. The summed E-state index contributed by atoms with van der Waals surface area (Å²) in [6.07, 6.45) is 0. The Morgan fingerprint density at radius 3 is 1.38 bits per heavy atom. The zero-order valence-corrected chi connectivity index (χ0v) is 37.7. The molecule has 0 radical (unpaired) electrons. The molecule has 11 aromatic carbocycles. The number of benzene rings is 11. The Morgan fingerprint density at radius 1 is 0.275 bits per heavy atom. The van der Waals surface area contributed by atoms with E-state index in [0.29, 0.717) is 0 Å². The summed E-state index contributed by atoms with van der Waals surface area (Å²) in [4.78, 5) is 2.38. The molecule has 1 aromatic heterocycles. The van der Waals surface area contributed by atoms with Gasteiger partial charge in [-0.2, -0.15) is 0 Å². The van der Waals surface area contributed by atoms with Crippen LogP contribution in [0.5, 0.6) is 0 Å². The highest BCUT2D eigenvalue weighted by molar-refractivity contribution is 6.11. The third-order valence-electron chi connectivity index (χ3n) is 14.7. The minimum atomic E-state index is -0.424. The van der Waals surface area contributed by atoms with E-state index in [4.69, 9.17) is 4.42 Å². The van der Waals surface area contributed by atoms with Crippen LogP contribution >= 0.6 is 0 Å². The number of furan rings is 1. The molecule has 0 saturated carbocycles. The topological polar surface area (TPSA) is 16.4 Å². The lowest BCUT2D eigenvalue weighted by molar-refractivity contribution is 0.670. The highest BCUT2D eigenvalue weighted by Gasteiger charge is 2.51. The Kier molecular flexibility index (Phi) is 8.84. The number of para-hydroxylation sites is 2. The van der Waals surface area contributed by atoms with E-state index < -0.39 is 5.41 Å². The summed E-state index contributed by atoms with van der Waals surface area (Å²) in [5, 5.41) is 2.22. The van der Waals surface area contributed by atoms with Gasteiger partial charge in [0.25, 0.3) is 0 Å². The second-order valence-corrected chi connectivity index (χ2v) is 18.3. The average Bonchev–Trinajstić information content (AvgIpc) is 4.06. The fourth-order valence-corrected chi connectivity index (χ4v) is 11.7. The van der Waals surface area contributed by atoms with Crippen molar-refractivity contribution in [2.45, 2.75) is 5.41 Å². The molecule has 0 saturated heterocycles. The molecule has 12 aromatic rings. The zero-order valence-electron chi connectivity index (χ0n) is 37.7. The van der Waals surface area contributed by atoms with Crippen molar-refractivity contribution in [1.82, 2.24) is 0 Å². The molecule has 1 spiro atoms. The Bertz CT molecular complexity index is 3880. The molecule has 0 bridgehead atoms. The van der Waals surface area contributed by atoms with Crippen molar-refractivity contribution >= 4 is 39.0 Å². The van der Waals surface area contributed by atoms with Crippen molar-refractivity contribution < 1.29 is 4.42 Å². The largest absolute Gasteiger partial charge is 0.455 e. The van der Waals surface area contributed by atoms with Crippen LogP contribution < -0.4 is 4.90 Å². The number of anilines is 3. The summed E-state index contributed by atoms with van der Waals surface area (Å²) in [6.45, 7) is 0. The van der Waals surface area contributed by atoms with Gasteiger partial charge in [0.15, 0.2) is 0 Å². The number of rotatable bonds is 7. The second-order valence-electron chi connectivity index (χ2n) is 18.3. The molecule has 2 nitrogen and oxygen atoms in total. The number of fused-ring (bicyclic) bond motifs is 13. The van der Waals surface area contributed by atoms with E-state index in [-0.39, 0.29) is 0 Å². The first-order valence-electron chi connectivity index (χ1n) is 23.8. The van der Waals surface area contributed by atoms with Gasteiger partial charge in [0, 0.05) is 33.3 Å². The van der Waals surface area contributed by atoms with Crippen LogP contribution in [0.4, 0.5) is 17.1 Å². The van der Waals surface area contributed by atoms with Crippen LogP contribution in [0.2, 0.25) is 0 Å². The van der Waals surface area contributed by atoms with Gasteiger partial charge in [0.1, 0.15) is 11.2 Å². The smallest absolute Gasteiger partial charge is 0.143 e. The first-order valence-corrected chi connectivity index (χ1v) is 23.8.